The van der Waals surface area contributed by atoms with Gasteiger partial charge in [0.2, 0.25) is 0 Å². The molecule has 0 spiro atoms. The van der Waals surface area contributed by atoms with Crippen LogP contribution in [0, 0.1) is 0 Å². The molecule has 1 aromatic heterocycles. The zero-order valence-electron chi connectivity index (χ0n) is 16.5. The SMILES string of the molecule is C[C@H](NC(=O)c1ccc2c(c1)C(=O)N(CCc1ccccc1)C2=O)c1cccnc1. The number of nitrogens with one attached hydrogen (secondary N) is 1. The summed E-state index contributed by atoms with van der Waals surface area (Å²) in [6, 6.07) is 17.8. The van der Waals surface area contributed by atoms with Crippen LogP contribution >= 0.6 is 0 Å². The Morgan fingerprint density at radius 2 is 1.77 bits per heavy atom. The first kappa shape index (κ1) is 19.5. The highest BCUT2D eigenvalue weighted by atomic mass is 16.2. The Morgan fingerprint density at radius 3 is 2.50 bits per heavy atom. The molecule has 0 saturated heterocycles. The second-order valence-corrected chi connectivity index (χ2v) is 7.24. The Labute approximate surface area is 174 Å². The third-order valence-electron chi connectivity index (χ3n) is 5.23. The molecule has 0 bridgehead atoms. The highest BCUT2D eigenvalue weighted by molar-refractivity contribution is 6.22. The minimum Gasteiger partial charge on any atom is -0.345 e. The molecular formula is C24H21N3O3. The maximum atomic E-state index is 12.8. The van der Waals surface area contributed by atoms with E-state index in [4.69, 9.17) is 0 Å². The van der Waals surface area contributed by atoms with Crippen LogP contribution < -0.4 is 5.32 Å². The molecule has 4 rings (SSSR count). The summed E-state index contributed by atoms with van der Waals surface area (Å²) in [7, 11) is 0. The quantitative estimate of drug-likeness (QED) is 0.644. The van der Waals surface area contributed by atoms with Crippen molar-refractivity contribution in [1.82, 2.24) is 15.2 Å². The minimum atomic E-state index is -0.360. The Morgan fingerprint density at radius 1 is 1.00 bits per heavy atom. The monoisotopic (exact) mass is 399 g/mol. The summed E-state index contributed by atoms with van der Waals surface area (Å²) in [6.45, 7) is 2.16. The van der Waals surface area contributed by atoms with E-state index < -0.39 is 0 Å². The van der Waals surface area contributed by atoms with Crippen LogP contribution in [-0.4, -0.2) is 34.2 Å². The number of amides is 3. The fraction of sp³-hybridized carbons (Fsp3) is 0.167. The molecule has 3 amide bonds. The summed E-state index contributed by atoms with van der Waals surface area (Å²) in [4.78, 5) is 43.5. The molecule has 0 unspecified atom stereocenters. The van der Waals surface area contributed by atoms with Crippen molar-refractivity contribution >= 4 is 17.7 Å². The van der Waals surface area contributed by atoms with E-state index in [-0.39, 0.29) is 29.3 Å². The molecule has 1 aliphatic heterocycles. The number of benzene rings is 2. The van der Waals surface area contributed by atoms with E-state index in [1.165, 1.54) is 11.0 Å². The average molecular weight is 399 g/mol. The standard InChI is InChI=1S/C24H21N3O3/c1-16(19-8-5-12-25-15-19)26-22(28)18-9-10-20-21(14-18)24(30)27(23(20)29)13-11-17-6-3-2-4-7-17/h2-10,12,14-16H,11,13H2,1H3,(H,26,28)/t16-/m0/s1. The van der Waals surface area contributed by atoms with Crippen molar-refractivity contribution in [3.05, 3.63) is 101 Å². The molecule has 6 heteroatoms. The topological polar surface area (TPSA) is 79.4 Å². The highest BCUT2D eigenvalue weighted by Gasteiger charge is 2.35. The Kier molecular flexibility index (Phi) is 5.39. The van der Waals surface area contributed by atoms with Crippen molar-refractivity contribution in [3.63, 3.8) is 0 Å². The molecule has 1 atom stereocenters. The van der Waals surface area contributed by atoms with Gasteiger partial charge in [-0.2, -0.15) is 0 Å². The third-order valence-corrected chi connectivity index (χ3v) is 5.23. The molecule has 0 aliphatic carbocycles. The second kappa shape index (κ2) is 8.29. The largest absolute Gasteiger partial charge is 0.345 e. The fourth-order valence-electron chi connectivity index (χ4n) is 3.52. The molecule has 2 heterocycles. The molecule has 0 saturated carbocycles. The average Bonchev–Trinajstić information content (AvgIpc) is 3.02. The summed E-state index contributed by atoms with van der Waals surface area (Å²) in [5.74, 6) is -0.986. The number of imide groups is 1. The number of hydrogen-bond acceptors (Lipinski definition) is 4. The number of carbonyl (C=O) groups excluding carboxylic acids is 3. The van der Waals surface area contributed by atoms with E-state index in [0.29, 0.717) is 24.1 Å². The predicted molar refractivity (Wildman–Crippen MR) is 112 cm³/mol. The van der Waals surface area contributed by atoms with Gasteiger partial charge < -0.3 is 5.32 Å². The van der Waals surface area contributed by atoms with Gasteiger partial charge >= 0.3 is 0 Å². The first-order chi connectivity index (χ1) is 14.5. The molecule has 3 aromatic rings. The van der Waals surface area contributed by atoms with Crippen molar-refractivity contribution < 1.29 is 14.4 Å². The van der Waals surface area contributed by atoms with Crippen LogP contribution in [0.5, 0.6) is 0 Å². The smallest absolute Gasteiger partial charge is 0.261 e. The second-order valence-electron chi connectivity index (χ2n) is 7.24. The third kappa shape index (κ3) is 3.85. The summed E-state index contributed by atoms with van der Waals surface area (Å²) in [5.41, 5.74) is 2.89. The van der Waals surface area contributed by atoms with E-state index in [9.17, 15) is 14.4 Å². The van der Waals surface area contributed by atoms with E-state index in [0.717, 1.165) is 11.1 Å². The van der Waals surface area contributed by atoms with Gasteiger partial charge in [-0.3, -0.25) is 24.3 Å². The lowest BCUT2D eigenvalue weighted by molar-refractivity contribution is 0.0656. The van der Waals surface area contributed by atoms with Crippen LogP contribution in [0.1, 0.15) is 55.2 Å². The molecule has 30 heavy (non-hydrogen) atoms. The van der Waals surface area contributed by atoms with Crippen LogP contribution in [0.25, 0.3) is 0 Å². The number of nitrogens with zero attached hydrogens (tertiary/aromatic N) is 2. The number of pyridine rings is 1. The van der Waals surface area contributed by atoms with E-state index in [2.05, 4.69) is 10.3 Å². The van der Waals surface area contributed by atoms with Gasteiger partial charge in [-0.15, -0.1) is 0 Å². The molecular weight excluding hydrogens is 378 g/mol. The van der Waals surface area contributed by atoms with Crippen LogP contribution in [0.2, 0.25) is 0 Å². The van der Waals surface area contributed by atoms with E-state index in [1.54, 1.807) is 24.5 Å². The van der Waals surface area contributed by atoms with Crippen molar-refractivity contribution in [3.8, 4) is 0 Å². The predicted octanol–water partition coefficient (Wildman–Crippen LogP) is 3.41. The van der Waals surface area contributed by atoms with Gasteiger partial charge in [-0.1, -0.05) is 36.4 Å². The van der Waals surface area contributed by atoms with E-state index >= 15 is 0 Å². The molecule has 2 aromatic carbocycles. The van der Waals surface area contributed by atoms with Gasteiger partial charge in [0.25, 0.3) is 17.7 Å². The molecule has 150 valence electrons. The van der Waals surface area contributed by atoms with Gasteiger partial charge in [0.1, 0.15) is 0 Å². The van der Waals surface area contributed by atoms with Crippen LogP contribution in [-0.2, 0) is 6.42 Å². The number of carbonyl (C=O) groups is 3. The lowest BCUT2D eigenvalue weighted by Gasteiger charge is -2.14. The van der Waals surface area contributed by atoms with Crippen LogP contribution in [0.4, 0.5) is 0 Å². The van der Waals surface area contributed by atoms with Crippen LogP contribution in [0.15, 0.2) is 73.1 Å². The lowest BCUT2D eigenvalue weighted by atomic mass is 10.0. The van der Waals surface area contributed by atoms with Gasteiger partial charge in [0, 0.05) is 24.5 Å². The van der Waals surface area contributed by atoms with Crippen molar-refractivity contribution in [2.24, 2.45) is 0 Å². The Bertz CT molecular complexity index is 1100. The normalized spacial score (nSPS) is 13.8. The fourth-order valence-corrected chi connectivity index (χ4v) is 3.52. The molecule has 1 aliphatic rings. The molecule has 0 radical (unpaired) electrons. The lowest BCUT2D eigenvalue weighted by Crippen LogP contribution is -2.31. The van der Waals surface area contributed by atoms with Gasteiger partial charge in [0.15, 0.2) is 0 Å². The molecule has 0 fully saturated rings. The molecule has 1 N–H and O–H groups in total. The van der Waals surface area contributed by atoms with Gasteiger partial charge in [0.05, 0.1) is 17.2 Å². The number of fused-ring (bicyclic) bond motifs is 1. The summed E-state index contributed by atoms with van der Waals surface area (Å²) >= 11 is 0. The van der Waals surface area contributed by atoms with E-state index in [1.807, 2.05) is 49.4 Å². The highest BCUT2D eigenvalue weighted by Crippen LogP contribution is 2.25. The number of rotatable bonds is 6. The Hall–Kier alpha value is -3.80. The summed E-state index contributed by atoms with van der Waals surface area (Å²) in [5, 5.41) is 2.90. The van der Waals surface area contributed by atoms with Crippen molar-refractivity contribution in [1.29, 1.82) is 0 Å². The number of aromatic nitrogens is 1. The maximum absolute atomic E-state index is 12.8. The van der Waals surface area contributed by atoms with Crippen molar-refractivity contribution in [2.45, 2.75) is 19.4 Å². The maximum Gasteiger partial charge on any atom is 0.261 e. The zero-order chi connectivity index (χ0) is 21.1. The van der Waals surface area contributed by atoms with Gasteiger partial charge in [-0.25, -0.2) is 0 Å². The van der Waals surface area contributed by atoms with Crippen molar-refractivity contribution in [2.75, 3.05) is 6.54 Å². The van der Waals surface area contributed by atoms with Crippen LogP contribution in [0.3, 0.4) is 0 Å². The zero-order valence-corrected chi connectivity index (χ0v) is 16.5. The van der Waals surface area contributed by atoms with Gasteiger partial charge in [-0.05, 0) is 48.7 Å². The Balaban J connectivity index is 1.48. The minimum absolute atomic E-state index is 0.237. The number of hydrogen-bond donors (Lipinski definition) is 1. The summed E-state index contributed by atoms with van der Waals surface area (Å²) in [6.07, 6.45) is 3.95. The first-order valence-electron chi connectivity index (χ1n) is 9.79. The first-order valence-corrected chi connectivity index (χ1v) is 9.79. The summed E-state index contributed by atoms with van der Waals surface area (Å²) < 4.78 is 0. The molecule has 6 nitrogen and oxygen atoms in total.